The first-order chi connectivity index (χ1) is 8.93. The Morgan fingerprint density at radius 2 is 2.22 bits per heavy atom. The van der Waals surface area contributed by atoms with E-state index in [4.69, 9.17) is 0 Å². The van der Waals surface area contributed by atoms with Gasteiger partial charge in [-0.15, -0.1) is 0 Å². The third kappa shape index (κ3) is 2.28. The van der Waals surface area contributed by atoms with Crippen molar-refractivity contribution in [1.82, 2.24) is 19.9 Å². The molecule has 2 heterocycles. The number of benzene rings is 1. The van der Waals surface area contributed by atoms with E-state index in [1.165, 1.54) is 16.5 Å². The van der Waals surface area contributed by atoms with Crippen LogP contribution in [-0.4, -0.2) is 21.1 Å². The van der Waals surface area contributed by atoms with Gasteiger partial charge in [-0.05, 0) is 11.6 Å². The molecule has 0 amide bonds. The predicted molar refractivity (Wildman–Crippen MR) is 72.2 cm³/mol. The van der Waals surface area contributed by atoms with Crippen molar-refractivity contribution >= 4 is 10.9 Å². The SMILES string of the molecule is c1ccc2c(CNCCn3ccnc3)c[nH]c2c1. The van der Waals surface area contributed by atoms with Crippen molar-refractivity contribution in [3.63, 3.8) is 0 Å². The molecule has 0 bridgehead atoms. The van der Waals surface area contributed by atoms with Gasteiger partial charge in [0.2, 0.25) is 0 Å². The molecule has 0 atom stereocenters. The summed E-state index contributed by atoms with van der Waals surface area (Å²) in [6.07, 6.45) is 7.70. The van der Waals surface area contributed by atoms with E-state index < -0.39 is 0 Å². The van der Waals surface area contributed by atoms with Crippen molar-refractivity contribution in [2.24, 2.45) is 0 Å². The highest BCUT2D eigenvalue weighted by Gasteiger charge is 2.01. The van der Waals surface area contributed by atoms with Crippen molar-refractivity contribution in [2.75, 3.05) is 6.54 Å². The number of rotatable bonds is 5. The highest BCUT2D eigenvalue weighted by molar-refractivity contribution is 5.82. The molecular weight excluding hydrogens is 224 g/mol. The van der Waals surface area contributed by atoms with Crippen LogP contribution < -0.4 is 5.32 Å². The molecule has 3 rings (SSSR count). The fraction of sp³-hybridized carbons (Fsp3) is 0.214. The fourth-order valence-electron chi connectivity index (χ4n) is 2.13. The Bertz CT molecular complexity index is 610. The van der Waals surface area contributed by atoms with Crippen LogP contribution in [0.5, 0.6) is 0 Å². The Balaban J connectivity index is 1.57. The molecule has 4 nitrogen and oxygen atoms in total. The second-order valence-corrected chi connectivity index (χ2v) is 4.34. The minimum absolute atomic E-state index is 0.888. The maximum Gasteiger partial charge on any atom is 0.0946 e. The third-order valence-corrected chi connectivity index (χ3v) is 3.10. The van der Waals surface area contributed by atoms with Gasteiger partial charge in [-0.25, -0.2) is 4.98 Å². The number of H-pyrrole nitrogens is 1. The van der Waals surface area contributed by atoms with E-state index in [9.17, 15) is 0 Å². The maximum absolute atomic E-state index is 4.02. The van der Waals surface area contributed by atoms with Gasteiger partial charge in [0.05, 0.1) is 6.33 Å². The Morgan fingerprint density at radius 1 is 1.28 bits per heavy atom. The summed E-state index contributed by atoms with van der Waals surface area (Å²) in [7, 11) is 0. The van der Waals surface area contributed by atoms with E-state index in [1.807, 2.05) is 12.5 Å². The van der Waals surface area contributed by atoms with Gasteiger partial charge >= 0.3 is 0 Å². The monoisotopic (exact) mass is 240 g/mol. The number of imidazole rings is 1. The van der Waals surface area contributed by atoms with Crippen molar-refractivity contribution in [2.45, 2.75) is 13.1 Å². The largest absolute Gasteiger partial charge is 0.361 e. The van der Waals surface area contributed by atoms with E-state index >= 15 is 0 Å². The first-order valence-corrected chi connectivity index (χ1v) is 6.15. The molecule has 3 aromatic rings. The average molecular weight is 240 g/mol. The van der Waals surface area contributed by atoms with Crippen LogP contribution in [0.4, 0.5) is 0 Å². The smallest absolute Gasteiger partial charge is 0.0946 e. The van der Waals surface area contributed by atoms with Crippen molar-refractivity contribution in [3.8, 4) is 0 Å². The Labute approximate surface area is 106 Å². The summed E-state index contributed by atoms with van der Waals surface area (Å²) >= 11 is 0. The van der Waals surface area contributed by atoms with Gasteiger partial charge < -0.3 is 14.9 Å². The van der Waals surface area contributed by atoms with Gasteiger partial charge in [0, 0.05) is 49.1 Å². The minimum atomic E-state index is 0.888. The number of hydrogen-bond donors (Lipinski definition) is 2. The first kappa shape index (κ1) is 11.0. The van der Waals surface area contributed by atoms with Crippen molar-refractivity contribution in [1.29, 1.82) is 0 Å². The van der Waals surface area contributed by atoms with E-state index in [1.54, 1.807) is 6.20 Å². The molecular formula is C14H16N4. The summed E-state index contributed by atoms with van der Waals surface area (Å²) in [5.74, 6) is 0. The molecule has 0 spiro atoms. The number of hydrogen-bond acceptors (Lipinski definition) is 2. The maximum atomic E-state index is 4.02. The van der Waals surface area contributed by atoms with Crippen LogP contribution in [0.3, 0.4) is 0 Å². The molecule has 0 radical (unpaired) electrons. The lowest BCUT2D eigenvalue weighted by Crippen LogP contribution is -2.18. The lowest BCUT2D eigenvalue weighted by atomic mass is 10.2. The van der Waals surface area contributed by atoms with Crippen LogP contribution in [0.1, 0.15) is 5.56 Å². The molecule has 0 aliphatic carbocycles. The number of aromatic nitrogens is 3. The summed E-state index contributed by atoms with van der Waals surface area (Å²) in [5.41, 5.74) is 2.51. The molecule has 2 aromatic heterocycles. The molecule has 0 unspecified atom stereocenters. The Kier molecular flexibility index (Phi) is 3.10. The van der Waals surface area contributed by atoms with E-state index in [0.29, 0.717) is 0 Å². The number of para-hydroxylation sites is 1. The van der Waals surface area contributed by atoms with E-state index in [0.717, 1.165) is 19.6 Å². The fourth-order valence-corrected chi connectivity index (χ4v) is 2.13. The van der Waals surface area contributed by atoms with Gasteiger partial charge in [-0.3, -0.25) is 0 Å². The number of nitrogens with one attached hydrogen (secondary N) is 2. The average Bonchev–Trinajstić information content (AvgIpc) is 3.04. The van der Waals surface area contributed by atoms with Gasteiger partial charge in [0.15, 0.2) is 0 Å². The molecule has 0 aliphatic rings. The van der Waals surface area contributed by atoms with Crippen LogP contribution in [0.25, 0.3) is 10.9 Å². The van der Waals surface area contributed by atoms with Crippen LogP contribution in [0.15, 0.2) is 49.2 Å². The molecule has 2 N–H and O–H groups in total. The summed E-state index contributed by atoms with van der Waals surface area (Å²) in [6.45, 7) is 2.77. The molecule has 18 heavy (non-hydrogen) atoms. The summed E-state index contributed by atoms with van der Waals surface area (Å²) in [5, 5.41) is 4.75. The van der Waals surface area contributed by atoms with Gasteiger partial charge in [-0.2, -0.15) is 0 Å². The van der Waals surface area contributed by atoms with Crippen LogP contribution in [0.2, 0.25) is 0 Å². The zero-order chi connectivity index (χ0) is 12.2. The van der Waals surface area contributed by atoms with Crippen molar-refractivity contribution < 1.29 is 0 Å². The summed E-state index contributed by atoms with van der Waals surface area (Å²) in [4.78, 5) is 7.31. The van der Waals surface area contributed by atoms with Crippen LogP contribution in [-0.2, 0) is 13.1 Å². The van der Waals surface area contributed by atoms with E-state index in [-0.39, 0.29) is 0 Å². The van der Waals surface area contributed by atoms with Crippen LogP contribution >= 0.6 is 0 Å². The zero-order valence-electron chi connectivity index (χ0n) is 10.1. The van der Waals surface area contributed by atoms with Gasteiger partial charge in [-0.1, -0.05) is 18.2 Å². The molecule has 0 saturated carbocycles. The summed E-state index contributed by atoms with van der Waals surface area (Å²) < 4.78 is 2.07. The minimum Gasteiger partial charge on any atom is -0.361 e. The number of aromatic amines is 1. The van der Waals surface area contributed by atoms with E-state index in [2.05, 4.69) is 50.3 Å². The van der Waals surface area contributed by atoms with Crippen LogP contribution in [0, 0.1) is 0 Å². The molecule has 92 valence electrons. The van der Waals surface area contributed by atoms with Gasteiger partial charge in [0.25, 0.3) is 0 Å². The topological polar surface area (TPSA) is 45.6 Å². The quantitative estimate of drug-likeness (QED) is 0.671. The molecule has 4 heteroatoms. The lowest BCUT2D eigenvalue weighted by Gasteiger charge is -2.04. The molecule has 1 aromatic carbocycles. The standard InChI is InChI=1S/C14H16N4/c1-2-4-14-13(3-1)12(10-17-14)9-15-5-7-18-8-6-16-11-18/h1-4,6,8,10-11,15,17H,5,7,9H2. The second kappa shape index (κ2) is 5.06. The molecule has 0 aliphatic heterocycles. The Hall–Kier alpha value is -2.07. The number of nitrogens with zero attached hydrogens (tertiary/aromatic N) is 2. The predicted octanol–water partition coefficient (Wildman–Crippen LogP) is 2.15. The second-order valence-electron chi connectivity index (χ2n) is 4.34. The zero-order valence-corrected chi connectivity index (χ0v) is 10.1. The summed E-state index contributed by atoms with van der Waals surface area (Å²) in [6, 6.07) is 8.38. The highest BCUT2D eigenvalue weighted by Crippen LogP contribution is 2.16. The molecule has 0 fully saturated rings. The first-order valence-electron chi connectivity index (χ1n) is 6.15. The number of fused-ring (bicyclic) bond motifs is 1. The third-order valence-electron chi connectivity index (χ3n) is 3.10. The lowest BCUT2D eigenvalue weighted by molar-refractivity contribution is 0.598. The highest BCUT2D eigenvalue weighted by atomic mass is 15.0. The Morgan fingerprint density at radius 3 is 3.11 bits per heavy atom. The normalized spacial score (nSPS) is 11.1. The van der Waals surface area contributed by atoms with Gasteiger partial charge in [0.1, 0.15) is 0 Å². The molecule has 0 saturated heterocycles. The van der Waals surface area contributed by atoms with Crippen molar-refractivity contribution in [3.05, 3.63) is 54.7 Å².